The molecule has 1 aliphatic heterocycles. The van der Waals surface area contributed by atoms with Crippen LogP contribution in [0.4, 0.5) is 0 Å². The molecule has 0 spiro atoms. The maximum Gasteiger partial charge on any atom is 0.106 e. The first-order chi connectivity index (χ1) is 3.50. The van der Waals surface area contributed by atoms with Crippen LogP contribution in [0.3, 0.4) is 0 Å². The second-order valence-electron chi connectivity index (χ2n) is 0.882. The maximum atomic E-state index is 8.00. The molecule has 1 rings (SSSR count). The van der Waals surface area contributed by atoms with Gasteiger partial charge < -0.3 is 4.79 Å². The van der Waals surface area contributed by atoms with Gasteiger partial charge in [-0.15, -0.1) is 11.8 Å². The summed E-state index contributed by atoms with van der Waals surface area (Å²) >= 11 is 1.78. The summed E-state index contributed by atoms with van der Waals surface area (Å²) in [6, 6.07) is 0. The minimum Gasteiger partial charge on any atom is -0.307 e. The molecule has 1 aliphatic rings. The van der Waals surface area contributed by atoms with Gasteiger partial charge in [-0.25, -0.2) is 0 Å². The van der Waals surface area contributed by atoms with Gasteiger partial charge in [0.1, 0.15) is 6.79 Å². The number of hydrogen-bond donors (Lipinski definition) is 0. The molecule has 1 heterocycles. The number of thioether (sulfide) groups is 1. The first-order valence-electron chi connectivity index (χ1n) is 1.89. The van der Waals surface area contributed by atoms with E-state index in [1.165, 1.54) is 5.75 Å². The molecule has 0 fully saturated rings. The van der Waals surface area contributed by atoms with Crippen molar-refractivity contribution < 1.29 is 4.79 Å². The highest BCUT2D eigenvalue weighted by Crippen LogP contribution is 1.99. The lowest BCUT2D eigenvalue weighted by Crippen LogP contribution is -1.69. The molecule has 0 atom stereocenters. The van der Waals surface area contributed by atoms with E-state index in [-0.39, 0.29) is 0 Å². The molecular formula is C4H7NOS. The van der Waals surface area contributed by atoms with Crippen LogP contribution in [0.25, 0.3) is 0 Å². The van der Waals surface area contributed by atoms with E-state index in [9.17, 15) is 0 Å². The topological polar surface area (TPSA) is 29.4 Å². The van der Waals surface area contributed by atoms with Crippen molar-refractivity contribution >= 4 is 24.1 Å². The molecule has 0 saturated carbocycles. The normalized spacial score (nSPS) is 15.4. The fourth-order valence-corrected chi connectivity index (χ4v) is 0.791. The summed E-state index contributed by atoms with van der Waals surface area (Å²) in [5.41, 5.74) is 1.90. The van der Waals surface area contributed by atoms with E-state index in [2.05, 4.69) is 4.99 Å². The van der Waals surface area contributed by atoms with Gasteiger partial charge in [0.05, 0.1) is 5.55 Å². The van der Waals surface area contributed by atoms with Crippen LogP contribution in [0.5, 0.6) is 0 Å². The second-order valence-corrected chi connectivity index (χ2v) is 1.83. The summed E-state index contributed by atoms with van der Waals surface area (Å²) in [4.78, 5) is 11.9. The third-order valence-electron chi connectivity index (χ3n) is 0.487. The highest BCUT2D eigenvalue weighted by atomic mass is 32.2. The zero-order valence-electron chi connectivity index (χ0n) is 3.96. The third-order valence-corrected chi connectivity index (χ3v) is 1.20. The van der Waals surface area contributed by atoms with Crippen LogP contribution in [0.1, 0.15) is 0 Å². The average Bonchev–Trinajstić information content (AvgIpc) is 2.23. The quantitative estimate of drug-likeness (QED) is 0.464. The van der Waals surface area contributed by atoms with E-state index < -0.39 is 0 Å². The molecule has 7 heavy (non-hydrogen) atoms. The summed E-state index contributed by atoms with van der Waals surface area (Å²) in [6.45, 7) is 3.03. The largest absolute Gasteiger partial charge is 0.307 e. The Morgan fingerprint density at radius 2 is 2.43 bits per heavy atom. The van der Waals surface area contributed by atoms with Crippen molar-refractivity contribution in [3.05, 3.63) is 0 Å². The molecule has 0 radical (unpaired) electrons. The van der Waals surface area contributed by atoms with E-state index in [0.717, 1.165) is 6.54 Å². The molecule has 0 aromatic heterocycles. The number of hydrogen-bond acceptors (Lipinski definition) is 3. The summed E-state index contributed by atoms with van der Waals surface area (Å²) in [5.74, 6) is 1.19. The smallest absolute Gasteiger partial charge is 0.106 e. The Labute approximate surface area is 47.0 Å². The first kappa shape index (κ1) is 6.69. The van der Waals surface area contributed by atoms with E-state index in [0.29, 0.717) is 0 Å². The Kier molecular flexibility index (Phi) is 5.44. The van der Waals surface area contributed by atoms with E-state index >= 15 is 0 Å². The zero-order valence-corrected chi connectivity index (χ0v) is 4.78. The fourth-order valence-electron chi connectivity index (χ4n) is 0.264. The number of carbonyl (C=O) groups excluding carboxylic acids is 1. The average molecular weight is 117 g/mol. The standard InChI is InChI=1S/C3H5NS.CH2O/c1-2-5-3-4-1;1-2/h3H,1-2H2;1H2. The van der Waals surface area contributed by atoms with E-state index in [1.54, 1.807) is 11.8 Å². The molecule has 2 nitrogen and oxygen atoms in total. The molecule has 0 aromatic rings. The lowest BCUT2D eigenvalue weighted by molar-refractivity contribution is -0.0979. The maximum absolute atomic E-state index is 8.00. The Bertz CT molecular complexity index is 58.7. The van der Waals surface area contributed by atoms with Gasteiger partial charge in [-0.3, -0.25) is 4.99 Å². The molecule has 0 bridgehead atoms. The van der Waals surface area contributed by atoms with Crippen molar-refractivity contribution in [1.29, 1.82) is 0 Å². The Balaban J connectivity index is 0.000000162. The van der Waals surface area contributed by atoms with Crippen LogP contribution in [0.2, 0.25) is 0 Å². The predicted molar refractivity (Wildman–Crippen MR) is 32.9 cm³/mol. The highest BCUT2D eigenvalue weighted by Gasteiger charge is 1.86. The van der Waals surface area contributed by atoms with Gasteiger partial charge in [-0.05, 0) is 0 Å². The molecule has 40 valence electrons. The van der Waals surface area contributed by atoms with Crippen LogP contribution < -0.4 is 0 Å². The van der Waals surface area contributed by atoms with Gasteiger partial charge in [0.2, 0.25) is 0 Å². The number of aliphatic imine (C=N–C) groups is 1. The second kappa shape index (κ2) is 5.69. The Morgan fingerprint density at radius 3 is 2.57 bits per heavy atom. The van der Waals surface area contributed by atoms with Crippen molar-refractivity contribution in [1.82, 2.24) is 0 Å². The summed E-state index contributed by atoms with van der Waals surface area (Å²) < 4.78 is 0. The SMILES string of the molecule is C1=NCCS1.C=O. The predicted octanol–water partition coefficient (Wildman–Crippen LogP) is 0.577. The number of nitrogens with zero attached hydrogens (tertiary/aromatic N) is 1. The zero-order chi connectivity index (χ0) is 5.54. The number of carbonyl (C=O) groups is 1. The van der Waals surface area contributed by atoms with Crippen molar-refractivity contribution in [2.75, 3.05) is 12.3 Å². The van der Waals surface area contributed by atoms with Crippen LogP contribution >= 0.6 is 11.8 Å². The monoisotopic (exact) mass is 117 g/mol. The molecule has 0 aromatic carbocycles. The summed E-state index contributed by atoms with van der Waals surface area (Å²) in [5, 5.41) is 0. The van der Waals surface area contributed by atoms with Crippen LogP contribution in [-0.4, -0.2) is 24.6 Å². The third kappa shape index (κ3) is 3.52. The van der Waals surface area contributed by atoms with Crippen LogP contribution in [0.15, 0.2) is 4.99 Å². The van der Waals surface area contributed by atoms with Crippen molar-refractivity contribution in [3.8, 4) is 0 Å². The van der Waals surface area contributed by atoms with Gasteiger partial charge in [-0.2, -0.15) is 0 Å². The Morgan fingerprint density at radius 1 is 1.71 bits per heavy atom. The molecule has 0 unspecified atom stereocenters. The summed E-state index contributed by atoms with van der Waals surface area (Å²) in [7, 11) is 0. The van der Waals surface area contributed by atoms with Gasteiger partial charge in [0.25, 0.3) is 0 Å². The first-order valence-corrected chi connectivity index (χ1v) is 2.94. The van der Waals surface area contributed by atoms with Crippen molar-refractivity contribution in [2.24, 2.45) is 4.99 Å². The summed E-state index contributed by atoms with van der Waals surface area (Å²) in [6.07, 6.45) is 0. The molecule has 0 amide bonds. The van der Waals surface area contributed by atoms with Gasteiger partial charge in [0, 0.05) is 12.3 Å². The van der Waals surface area contributed by atoms with Crippen molar-refractivity contribution in [2.45, 2.75) is 0 Å². The Hall–Kier alpha value is -0.310. The molecular weight excluding hydrogens is 110 g/mol. The molecule has 0 saturated heterocycles. The lowest BCUT2D eigenvalue weighted by Gasteiger charge is -1.67. The van der Waals surface area contributed by atoms with Gasteiger partial charge in [0.15, 0.2) is 0 Å². The van der Waals surface area contributed by atoms with Crippen molar-refractivity contribution in [3.63, 3.8) is 0 Å². The van der Waals surface area contributed by atoms with E-state index in [1.807, 2.05) is 12.3 Å². The minimum absolute atomic E-state index is 1.03. The van der Waals surface area contributed by atoms with Crippen LogP contribution in [-0.2, 0) is 4.79 Å². The van der Waals surface area contributed by atoms with E-state index in [4.69, 9.17) is 4.79 Å². The molecule has 3 heteroatoms. The minimum atomic E-state index is 1.03. The van der Waals surface area contributed by atoms with Crippen LogP contribution in [0, 0.1) is 0 Å². The fraction of sp³-hybridized carbons (Fsp3) is 0.500. The molecule has 0 N–H and O–H groups in total. The number of rotatable bonds is 0. The highest BCUT2D eigenvalue weighted by molar-refractivity contribution is 8.12. The molecule has 0 aliphatic carbocycles. The lowest BCUT2D eigenvalue weighted by atomic mass is 10.8. The van der Waals surface area contributed by atoms with Gasteiger partial charge >= 0.3 is 0 Å². The van der Waals surface area contributed by atoms with Gasteiger partial charge in [-0.1, -0.05) is 0 Å².